The number of nitrogens with zero attached hydrogens (tertiary/aromatic N) is 2. The molecular formula is C11H15N3O2. The first-order valence-corrected chi connectivity index (χ1v) is 5.32. The van der Waals surface area contributed by atoms with Crippen molar-refractivity contribution in [1.82, 2.24) is 9.88 Å². The van der Waals surface area contributed by atoms with Crippen LogP contribution in [-0.2, 0) is 0 Å². The Morgan fingerprint density at radius 3 is 3.12 bits per heavy atom. The van der Waals surface area contributed by atoms with Gasteiger partial charge in [0.05, 0.1) is 6.10 Å². The van der Waals surface area contributed by atoms with Gasteiger partial charge in [0.2, 0.25) is 0 Å². The van der Waals surface area contributed by atoms with Gasteiger partial charge in [-0.25, -0.2) is 0 Å². The van der Waals surface area contributed by atoms with Gasteiger partial charge < -0.3 is 15.3 Å². The minimum Gasteiger partial charge on any atom is -0.391 e. The van der Waals surface area contributed by atoms with Crippen LogP contribution in [0.25, 0.3) is 0 Å². The van der Waals surface area contributed by atoms with Gasteiger partial charge in [0.1, 0.15) is 5.69 Å². The molecule has 0 aromatic carbocycles. The predicted octanol–water partition coefficient (Wildman–Crippen LogP) is 0.330. The van der Waals surface area contributed by atoms with Gasteiger partial charge in [-0.2, -0.15) is 0 Å². The molecule has 1 aliphatic rings. The number of carbonyl (C=O) groups is 1. The first-order valence-electron chi connectivity index (χ1n) is 5.32. The van der Waals surface area contributed by atoms with Crippen LogP contribution in [0.5, 0.6) is 0 Å². The molecule has 0 spiro atoms. The summed E-state index contributed by atoms with van der Waals surface area (Å²) in [4.78, 5) is 17.7. The molecule has 0 aliphatic carbocycles. The smallest absolute Gasteiger partial charge is 0.272 e. The van der Waals surface area contributed by atoms with E-state index in [1.807, 2.05) is 0 Å². The van der Waals surface area contributed by atoms with Crippen LogP contribution in [-0.4, -0.2) is 47.1 Å². The van der Waals surface area contributed by atoms with E-state index in [4.69, 9.17) is 0 Å². The molecule has 0 bridgehead atoms. The third kappa shape index (κ3) is 2.14. The Hall–Kier alpha value is -1.62. The van der Waals surface area contributed by atoms with E-state index < -0.39 is 6.10 Å². The molecule has 1 saturated heterocycles. The van der Waals surface area contributed by atoms with Crippen LogP contribution in [0.1, 0.15) is 16.9 Å². The third-order valence-electron chi connectivity index (χ3n) is 2.72. The minimum absolute atomic E-state index is 0.117. The lowest BCUT2D eigenvalue weighted by Gasteiger charge is -2.15. The lowest BCUT2D eigenvalue weighted by Crippen LogP contribution is -2.30. The quantitative estimate of drug-likeness (QED) is 0.755. The Balaban J connectivity index is 2.14. The van der Waals surface area contributed by atoms with E-state index >= 15 is 0 Å². The Morgan fingerprint density at radius 1 is 1.69 bits per heavy atom. The largest absolute Gasteiger partial charge is 0.391 e. The van der Waals surface area contributed by atoms with Crippen LogP contribution in [0.15, 0.2) is 18.3 Å². The molecule has 0 radical (unpaired) electrons. The van der Waals surface area contributed by atoms with E-state index in [2.05, 4.69) is 10.3 Å². The maximum absolute atomic E-state index is 12.0. The minimum atomic E-state index is -0.392. The molecule has 2 N–H and O–H groups in total. The average Bonchev–Trinajstić information content (AvgIpc) is 2.75. The second kappa shape index (κ2) is 4.49. The summed E-state index contributed by atoms with van der Waals surface area (Å²) in [6.45, 7) is 1.01. The van der Waals surface area contributed by atoms with Crippen LogP contribution < -0.4 is 5.32 Å². The van der Waals surface area contributed by atoms with Crippen LogP contribution in [0.3, 0.4) is 0 Å². The van der Waals surface area contributed by atoms with E-state index in [0.717, 1.165) is 5.69 Å². The van der Waals surface area contributed by atoms with Gasteiger partial charge in [-0.15, -0.1) is 0 Å². The molecule has 1 atom stereocenters. The third-order valence-corrected chi connectivity index (χ3v) is 2.72. The van der Waals surface area contributed by atoms with Gasteiger partial charge in [0, 0.05) is 32.0 Å². The highest BCUT2D eigenvalue weighted by molar-refractivity contribution is 5.93. The second-order valence-electron chi connectivity index (χ2n) is 3.87. The van der Waals surface area contributed by atoms with Crippen molar-refractivity contribution in [2.75, 3.05) is 25.5 Å². The topological polar surface area (TPSA) is 65.5 Å². The lowest BCUT2D eigenvalue weighted by atomic mass is 10.3. The zero-order valence-electron chi connectivity index (χ0n) is 9.18. The highest BCUT2D eigenvalue weighted by atomic mass is 16.3. The summed E-state index contributed by atoms with van der Waals surface area (Å²) >= 11 is 0. The van der Waals surface area contributed by atoms with Crippen LogP contribution >= 0.6 is 0 Å². The summed E-state index contributed by atoms with van der Waals surface area (Å²) < 4.78 is 0. The molecule has 1 amide bonds. The number of amides is 1. The number of β-amino-alcohol motifs (C(OH)–C–C–N with tert-alkyl or cyclic N) is 1. The number of rotatable bonds is 2. The van der Waals surface area contributed by atoms with Crippen molar-refractivity contribution in [2.45, 2.75) is 12.5 Å². The van der Waals surface area contributed by atoms with Gasteiger partial charge in [0.15, 0.2) is 0 Å². The standard InChI is InChI=1S/C11H15N3O2/c1-12-8-2-4-13-10(6-8)11(16)14-5-3-9(15)7-14/h2,4,6,9,15H,3,5,7H2,1H3,(H,12,13). The summed E-state index contributed by atoms with van der Waals surface area (Å²) in [5.41, 5.74) is 1.28. The SMILES string of the molecule is CNc1ccnc(C(=O)N2CCC(O)C2)c1. The normalized spacial score (nSPS) is 19.9. The fourth-order valence-electron chi connectivity index (χ4n) is 1.79. The van der Waals surface area contributed by atoms with Crippen molar-refractivity contribution in [2.24, 2.45) is 0 Å². The number of pyridine rings is 1. The Bertz CT molecular complexity index is 395. The van der Waals surface area contributed by atoms with E-state index in [1.54, 1.807) is 30.3 Å². The van der Waals surface area contributed by atoms with E-state index in [0.29, 0.717) is 25.2 Å². The molecule has 2 rings (SSSR count). The number of hydrogen-bond acceptors (Lipinski definition) is 4. The molecule has 1 unspecified atom stereocenters. The molecule has 5 nitrogen and oxygen atoms in total. The summed E-state index contributed by atoms with van der Waals surface area (Å²) in [7, 11) is 1.79. The summed E-state index contributed by atoms with van der Waals surface area (Å²) in [6, 6.07) is 3.52. The van der Waals surface area contributed by atoms with Gasteiger partial charge in [-0.05, 0) is 18.6 Å². The predicted molar refractivity (Wildman–Crippen MR) is 60.3 cm³/mol. The van der Waals surface area contributed by atoms with Gasteiger partial charge >= 0.3 is 0 Å². The van der Waals surface area contributed by atoms with Crippen molar-refractivity contribution in [1.29, 1.82) is 0 Å². The summed E-state index contributed by atoms with van der Waals surface area (Å²) in [6.07, 6.45) is 1.86. The van der Waals surface area contributed by atoms with E-state index in [1.165, 1.54) is 0 Å². The first-order chi connectivity index (χ1) is 7.70. The molecule has 1 fully saturated rings. The Labute approximate surface area is 94.1 Å². The number of aliphatic hydroxyl groups is 1. The van der Waals surface area contributed by atoms with E-state index in [9.17, 15) is 9.90 Å². The van der Waals surface area contributed by atoms with E-state index in [-0.39, 0.29) is 5.91 Å². The molecular weight excluding hydrogens is 206 g/mol. The van der Waals surface area contributed by atoms with Crippen LogP contribution in [0.2, 0.25) is 0 Å². The molecule has 2 heterocycles. The molecule has 16 heavy (non-hydrogen) atoms. The Morgan fingerprint density at radius 2 is 2.50 bits per heavy atom. The summed E-state index contributed by atoms with van der Waals surface area (Å²) in [5, 5.41) is 12.3. The van der Waals surface area contributed by atoms with Crippen molar-refractivity contribution in [3.63, 3.8) is 0 Å². The number of nitrogens with one attached hydrogen (secondary N) is 1. The van der Waals surface area contributed by atoms with Crippen molar-refractivity contribution in [3.8, 4) is 0 Å². The van der Waals surface area contributed by atoms with Gasteiger partial charge in [-0.1, -0.05) is 0 Å². The number of aromatic nitrogens is 1. The zero-order valence-corrected chi connectivity index (χ0v) is 9.18. The van der Waals surface area contributed by atoms with Gasteiger partial charge in [0.25, 0.3) is 5.91 Å². The average molecular weight is 221 g/mol. The van der Waals surface area contributed by atoms with Crippen molar-refractivity contribution in [3.05, 3.63) is 24.0 Å². The number of likely N-dealkylation sites (tertiary alicyclic amines) is 1. The fourth-order valence-corrected chi connectivity index (χ4v) is 1.79. The summed E-state index contributed by atoms with van der Waals surface area (Å²) in [5.74, 6) is -0.117. The number of hydrogen-bond donors (Lipinski definition) is 2. The second-order valence-corrected chi connectivity index (χ2v) is 3.87. The maximum Gasteiger partial charge on any atom is 0.272 e. The molecule has 1 aromatic heterocycles. The lowest BCUT2D eigenvalue weighted by molar-refractivity contribution is 0.0759. The van der Waals surface area contributed by atoms with Crippen LogP contribution in [0, 0.1) is 0 Å². The molecule has 86 valence electrons. The number of anilines is 1. The number of aliphatic hydroxyl groups excluding tert-OH is 1. The Kier molecular flexibility index (Phi) is 3.05. The highest BCUT2D eigenvalue weighted by Crippen LogP contribution is 2.14. The highest BCUT2D eigenvalue weighted by Gasteiger charge is 2.26. The molecule has 5 heteroatoms. The molecule has 0 saturated carbocycles. The van der Waals surface area contributed by atoms with Crippen molar-refractivity contribution < 1.29 is 9.90 Å². The van der Waals surface area contributed by atoms with Gasteiger partial charge in [-0.3, -0.25) is 9.78 Å². The van der Waals surface area contributed by atoms with Crippen molar-refractivity contribution >= 4 is 11.6 Å². The molecule has 1 aliphatic heterocycles. The fraction of sp³-hybridized carbons (Fsp3) is 0.455. The zero-order chi connectivity index (χ0) is 11.5. The monoisotopic (exact) mass is 221 g/mol. The first kappa shape index (κ1) is 10.9. The van der Waals surface area contributed by atoms with Crippen LogP contribution in [0.4, 0.5) is 5.69 Å². The molecule has 1 aromatic rings. The maximum atomic E-state index is 12.0. The number of carbonyl (C=O) groups excluding carboxylic acids is 1.